The summed E-state index contributed by atoms with van der Waals surface area (Å²) < 4.78 is 5.72. The van der Waals surface area contributed by atoms with Gasteiger partial charge in [0, 0.05) is 11.8 Å². The Morgan fingerprint density at radius 2 is 2.07 bits per heavy atom. The minimum Gasteiger partial charge on any atom is -0.493 e. The van der Waals surface area contributed by atoms with Crippen LogP contribution >= 0.6 is 0 Å². The fourth-order valence-corrected chi connectivity index (χ4v) is 2.83. The van der Waals surface area contributed by atoms with Crippen LogP contribution in [-0.2, 0) is 0 Å². The first-order chi connectivity index (χ1) is 13.1. The maximum atomic E-state index is 12.2. The van der Waals surface area contributed by atoms with E-state index >= 15 is 0 Å². The van der Waals surface area contributed by atoms with Crippen molar-refractivity contribution in [3.8, 4) is 28.3 Å². The van der Waals surface area contributed by atoms with Gasteiger partial charge in [0.15, 0.2) is 11.2 Å². The minimum atomic E-state index is -1.03. The molecule has 0 aliphatic carbocycles. The molecular formula is C18H15N5O4. The van der Waals surface area contributed by atoms with Crippen LogP contribution in [0.2, 0.25) is 0 Å². The summed E-state index contributed by atoms with van der Waals surface area (Å²) in [5.74, 6) is -0.169. The smallest absolute Gasteiger partial charge is 0.352 e. The van der Waals surface area contributed by atoms with Crippen molar-refractivity contribution in [3.05, 3.63) is 52.8 Å². The molecule has 9 heteroatoms. The summed E-state index contributed by atoms with van der Waals surface area (Å²) in [6.45, 7) is 2.27. The van der Waals surface area contributed by atoms with E-state index in [1.54, 1.807) is 30.5 Å². The average molecular weight is 365 g/mol. The van der Waals surface area contributed by atoms with Crippen LogP contribution in [0.25, 0.3) is 33.7 Å². The average Bonchev–Trinajstić information content (AvgIpc) is 3.31. The van der Waals surface area contributed by atoms with E-state index in [2.05, 4.69) is 24.9 Å². The first kappa shape index (κ1) is 16.6. The van der Waals surface area contributed by atoms with Crippen molar-refractivity contribution in [2.24, 2.45) is 0 Å². The number of nitrogens with zero attached hydrogens (tertiary/aromatic N) is 2. The van der Waals surface area contributed by atoms with E-state index in [4.69, 9.17) is 9.84 Å². The number of aromatic amines is 3. The highest BCUT2D eigenvalue weighted by atomic mass is 16.5. The highest BCUT2D eigenvalue weighted by Crippen LogP contribution is 2.33. The highest BCUT2D eigenvalue weighted by Gasteiger charge is 2.15. The third-order valence-corrected chi connectivity index (χ3v) is 4.08. The number of benzene rings is 1. The zero-order valence-corrected chi connectivity index (χ0v) is 14.2. The summed E-state index contributed by atoms with van der Waals surface area (Å²) in [7, 11) is 0. The molecule has 0 fully saturated rings. The molecule has 0 saturated carbocycles. The Morgan fingerprint density at radius 3 is 2.81 bits per heavy atom. The topological polar surface area (TPSA) is 137 Å². The van der Waals surface area contributed by atoms with Crippen LogP contribution in [0, 0.1) is 0 Å². The number of fused-ring (bicyclic) bond motifs is 1. The first-order valence-electron chi connectivity index (χ1n) is 8.19. The molecule has 1 aromatic carbocycles. The Morgan fingerprint density at radius 1 is 1.22 bits per heavy atom. The van der Waals surface area contributed by atoms with Crippen LogP contribution in [0.5, 0.6) is 5.75 Å². The lowest BCUT2D eigenvalue weighted by atomic mass is 10.0. The number of aromatic nitrogens is 5. The van der Waals surface area contributed by atoms with Crippen LogP contribution in [0.3, 0.4) is 0 Å². The van der Waals surface area contributed by atoms with Crippen LogP contribution in [0.1, 0.15) is 17.4 Å². The molecular weight excluding hydrogens is 350 g/mol. The van der Waals surface area contributed by atoms with Gasteiger partial charge in [0.2, 0.25) is 0 Å². The third kappa shape index (κ3) is 2.95. The monoisotopic (exact) mass is 365 g/mol. The van der Waals surface area contributed by atoms with E-state index in [1.165, 1.54) is 6.33 Å². The number of hydrogen-bond donors (Lipinski definition) is 4. The fraction of sp³-hybridized carbons (Fsp3) is 0.111. The zero-order valence-electron chi connectivity index (χ0n) is 14.2. The molecule has 0 radical (unpaired) electrons. The number of carboxylic acids is 1. The normalized spacial score (nSPS) is 11.0. The van der Waals surface area contributed by atoms with Crippen LogP contribution in [-0.4, -0.2) is 42.6 Å². The van der Waals surface area contributed by atoms with Gasteiger partial charge in [0.05, 0.1) is 18.5 Å². The molecule has 4 rings (SSSR count). The van der Waals surface area contributed by atoms with Gasteiger partial charge in [-0.25, -0.2) is 14.8 Å². The Bertz CT molecular complexity index is 1200. The van der Waals surface area contributed by atoms with Crippen molar-refractivity contribution >= 4 is 17.1 Å². The summed E-state index contributed by atoms with van der Waals surface area (Å²) in [6.07, 6.45) is 3.03. The molecule has 0 spiro atoms. The lowest BCUT2D eigenvalue weighted by Crippen LogP contribution is -2.10. The van der Waals surface area contributed by atoms with Crippen molar-refractivity contribution in [2.45, 2.75) is 6.92 Å². The molecule has 0 unspecified atom stereocenters. The van der Waals surface area contributed by atoms with Crippen LogP contribution < -0.4 is 10.3 Å². The second-order valence-electron chi connectivity index (χ2n) is 5.77. The summed E-state index contributed by atoms with van der Waals surface area (Å²) in [4.78, 5) is 39.9. The Labute approximate surface area is 152 Å². The number of hydrogen-bond acceptors (Lipinski definition) is 5. The van der Waals surface area contributed by atoms with Crippen LogP contribution in [0.4, 0.5) is 0 Å². The Kier molecular flexibility index (Phi) is 3.96. The lowest BCUT2D eigenvalue weighted by Gasteiger charge is -2.11. The quantitative estimate of drug-likeness (QED) is 0.429. The molecule has 0 aliphatic heterocycles. The van der Waals surface area contributed by atoms with Gasteiger partial charge in [0.25, 0.3) is 5.56 Å². The van der Waals surface area contributed by atoms with Crippen LogP contribution in [0.15, 0.2) is 41.6 Å². The number of ether oxygens (including phenoxy) is 1. The Hall–Kier alpha value is -3.88. The van der Waals surface area contributed by atoms with Crippen molar-refractivity contribution < 1.29 is 14.6 Å². The molecule has 9 nitrogen and oxygen atoms in total. The molecule has 27 heavy (non-hydrogen) atoms. The SMILES string of the molecule is CCOc1cc(-c2c[nH]c(C(=O)O)c2)ccc1-c1nc2nc[nH]c2c(=O)[nH]1. The number of rotatable bonds is 5. The van der Waals surface area contributed by atoms with Gasteiger partial charge in [-0.05, 0) is 30.7 Å². The van der Waals surface area contributed by atoms with Crippen molar-refractivity contribution in [2.75, 3.05) is 6.61 Å². The number of nitrogens with one attached hydrogen (secondary N) is 3. The standard InChI is InChI=1S/C18H15N5O4/c1-2-27-13-6-9(10-5-12(18(25)26)19-7-10)3-4-11(13)15-22-16-14(17(24)23-15)20-8-21-16/h3-8,19H,2H2,1H3,(H,25,26)(H2,20,21,22,23,24). The number of carbonyl (C=O) groups is 1. The van der Waals surface area contributed by atoms with Gasteiger partial charge in [0.1, 0.15) is 17.3 Å². The van der Waals surface area contributed by atoms with E-state index in [1.807, 2.05) is 6.92 Å². The van der Waals surface area contributed by atoms with E-state index in [9.17, 15) is 9.59 Å². The lowest BCUT2D eigenvalue weighted by molar-refractivity contribution is 0.0691. The number of carboxylic acid groups (broad SMARTS) is 1. The van der Waals surface area contributed by atoms with E-state index in [0.29, 0.717) is 40.5 Å². The molecule has 0 saturated heterocycles. The summed E-state index contributed by atoms with van der Waals surface area (Å²) in [5.41, 5.74) is 2.49. The van der Waals surface area contributed by atoms with E-state index in [-0.39, 0.29) is 11.3 Å². The fourth-order valence-electron chi connectivity index (χ4n) is 2.83. The van der Waals surface area contributed by atoms with Gasteiger partial charge in [-0.3, -0.25) is 4.79 Å². The molecule has 3 aromatic heterocycles. The summed E-state index contributed by atoms with van der Waals surface area (Å²) >= 11 is 0. The molecule has 3 heterocycles. The minimum absolute atomic E-state index is 0.0991. The van der Waals surface area contributed by atoms with Gasteiger partial charge < -0.3 is 24.8 Å². The third-order valence-electron chi connectivity index (χ3n) is 4.08. The van der Waals surface area contributed by atoms with Crippen molar-refractivity contribution in [1.82, 2.24) is 24.9 Å². The molecule has 0 amide bonds. The van der Waals surface area contributed by atoms with Gasteiger partial charge in [-0.1, -0.05) is 6.07 Å². The summed E-state index contributed by atoms with van der Waals surface area (Å²) in [5, 5.41) is 9.07. The zero-order chi connectivity index (χ0) is 19.0. The summed E-state index contributed by atoms with van der Waals surface area (Å²) in [6, 6.07) is 6.90. The molecule has 4 N–H and O–H groups in total. The maximum Gasteiger partial charge on any atom is 0.352 e. The molecule has 0 bridgehead atoms. The van der Waals surface area contributed by atoms with Crippen molar-refractivity contribution in [1.29, 1.82) is 0 Å². The predicted octanol–water partition coefficient (Wildman–Crippen LogP) is 2.41. The van der Waals surface area contributed by atoms with E-state index < -0.39 is 5.97 Å². The highest BCUT2D eigenvalue weighted by molar-refractivity contribution is 5.88. The van der Waals surface area contributed by atoms with Gasteiger partial charge in [-0.15, -0.1) is 0 Å². The number of H-pyrrole nitrogens is 3. The Balaban J connectivity index is 1.82. The van der Waals surface area contributed by atoms with Crippen molar-refractivity contribution in [3.63, 3.8) is 0 Å². The van der Waals surface area contributed by atoms with Gasteiger partial charge in [-0.2, -0.15) is 0 Å². The van der Waals surface area contributed by atoms with E-state index in [0.717, 1.165) is 5.56 Å². The molecule has 0 atom stereocenters. The molecule has 136 valence electrons. The second-order valence-corrected chi connectivity index (χ2v) is 5.77. The largest absolute Gasteiger partial charge is 0.493 e. The van der Waals surface area contributed by atoms with Gasteiger partial charge >= 0.3 is 5.97 Å². The number of imidazole rings is 1. The maximum absolute atomic E-state index is 12.2. The number of aromatic carboxylic acids is 1. The first-order valence-corrected chi connectivity index (χ1v) is 8.19. The molecule has 4 aromatic rings. The molecule has 0 aliphatic rings. The predicted molar refractivity (Wildman–Crippen MR) is 97.9 cm³/mol. The second kappa shape index (κ2) is 6.45.